The zero-order valence-corrected chi connectivity index (χ0v) is 10.3. The third-order valence-electron chi connectivity index (χ3n) is 3.50. The Hall–Kier alpha value is -1.95. The number of hydrogen-bond donors (Lipinski definition) is 1. The van der Waals surface area contributed by atoms with Gasteiger partial charge < -0.3 is 9.73 Å². The highest BCUT2D eigenvalue weighted by atomic mass is 16.3. The fraction of sp³-hybridized carbons (Fsp3) is 0.400. The molecule has 1 aliphatic carbocycles. The monoisotopic (exact) mass is 240 g/mol. The van der Waals surface area contributed by atoms with Crippen LogP contribution in [0.25, 0.3) is 11.0 Å². The molecule has 18 heavy (non-hydrogen) atoms. The lowest BCUT2D eigenvalue weighted by Crippen LogP contribution is -2.22. The molecule has 1 N–H and O–H groups in total. The van der Waals surface area contributed by atoms with Crippen molar-refractivity contribution in [1.29, 1.82) is 0 Å². The van der Waals surface area contributed by atoms with Crippen molar-refractivity contribution in [3.05, 3.63) is 24.1 Å². The van der Waals surface area contributed by atoms with Crippen LogP contribution in [-0.4, -0.2) is 11.0 Å². The lowest BCUT2D eigenvalue weighted by molar-refractivity contribution is 0.462. The van der Waals surface area contributed by atoms with Crippen molar-refractivity contribution in [1.82, 2.24) is 4.98 Å². The van der Waals surface area contributed by atoms with Crippen LogP contribution < -0.4 is 5.32 Å². The van der Waals surface area contributed by atoms with Crippen LogP contribution in [0.2, 0.25) is 0 Å². The van der Waals surface area contributed by atoms with Gasteiger partial charge in [0.1, 0.15) is 5.82 Å². The van der Waals surface area contributed by atoms with E-state index >= 15 is 0 Å². The second kappa shape index (κ2) is 4.73. The van der Waals surface area contributed by atoms with E-state index in [2.05, 4.69) is 16.2 Å². The third kappa shape index (κ3) is 2.19. The molecule has 0 saturated heterocycles. The molecule has 3 heteroatoms. The molecule has 1 saturated carbocycles. The Kier molecular flexibility index (Phi) is 2.93. The molecular formula is C15H16N2O. The van der Waals surface area contributed by atoms with Gasteiger partial charge in [0.2, 0.25) is 0 Å². The molecule has 0 aromatic carbocycles. The van der Waals surface area contributed by atoms with Gasteiger partial charge in [-0.1, -0.05) is 19.3 Å². The Labute approximate surface area is 107 Å². The van der Waals surface area contributed by atoms with E-state index in [1.54, 1.807) is 6.20 Å². The van der Waals surface area contributed by atoms with E-state index in [-0.39, 0.29) is 0 Å². The zero-order valence-electron chi connectivity index (χ0n) is 10.3. The lowest BCUT2D eigenvalue weighted by Gasteiger charge is -2.23. The quantitative estimate of drug-likeness (QED) is 0.816. The van der Waals surface area contributed by atoms with Gasteiger partial charge >= 0.3 is 0 Å². The molecular weight excluding hydrogens is 224 g/mol. The van der Waals surface area contributed by atoms with Crippen molar-refractivity contribution >= 4 is 16.8 Å². The molecule has 0 amide bonds. The second-order valence-electron chi connectivity index (χ2n) is 4.84. The number of furan rings is 1. The number of pyridine rings is 1. The Morgan fingerprint density at radius 2 is 2.11 bits per heavy atom. The van der Waals surface area contributed by atoms with Crippen LogP contribution in [0, 0.1) is 12.3 Å². The molecule has 0 bridgehead atoms. The normalized spacial score (nSPS) is 16.6. The zero-order chi connectivity index (χ0) is 12.4. The van der Waals surface area contributed by atoms with Crippen LogP contribution in [0.4, 0.5) is 5.82 Å². The predicted octanol–water partition coefficient (Wildman–Crippen LogP) is 3.55. The molecule has 3 rings (SSSR count). The van der Waals surface area contributed by atoms with Gasteiger partial charge in [-0.2, -0.15) is 0 Å². The third-order valence-corrected chi connectivity index (χ3v) is 3.50. The molecule has 1 aliphatic rings. The molecule has 2 heterocycles. The van der Waals surface area contributed by atoms with E-state index in [0.717, 1.165) is 16.8 Å². The molecule has 0 unspecified atom stereocenters. The molecule has 92 valence electrons. The molecule has 0 spiro atoms. The van der Waals surface area contributed by atoms with Crippen molar-refractivity contribution in [2.45, 2.75) is 38.1 Å². The van der Waals surface area contributed by atoms with Crippen LogP contribution in [-0.2, 0) is 0 Å². The van der Waals surface area contributed by atoms with Gasteiger partial charge in [-0.25, -0.2) is 4.98 Å². The molecule has 3 nitrogen and oxygen atoms in total. The largest absolute Gasteiger partial charge is 0.446 e. The number of fused-ring (bicyclic) bond motifs is 1. The van der Waals surface area contributed by atoms with Crippen molar-refractivity contribution in [3.8, 4) is 12.3 Å². The van der Waals surface area contributed by atoms with Crippen molar-refractivity contribution in [2.75, 3.05) is 5.32 Å². The SMILES string of the molecule is C#Cc1cc2cc(NC3CCCCC3)ncc2o1. The minimum absolute atomic E-state index is 0.557. The summed E-state index contributed by atoms with van der Waals surface area (Å²) in [5.41, 5.74) is 0.747. The number of anilines is 1. The minimum Gasteiger partial charge on any atom is -0.446 e. The van der Waals surface area contributed by atoms with Gasteiger partial charge in [-0.3, -0.25) is 0 Å². The van der Waals surface area contributed by atoms with Crippen molar-refractivity contribution < 1.29 is 4.42 Å². The summed E-state index contributed by atoms with van der Waals surface area (Å²) in [6.07, 6.45) is 13.5. The molecule has 0 aliphatic heterocycles. The van der Waals surface area contributed by atoms with Crippen LogP contribution in [0.3, 0.4) is 0 Å². The average molecular weight is 240 g/mol. The second-order valence-corrected chi connectivity index (χ2v) is 4.84. The van der Waals surface area contributed by atoms with Crippen LogP contribution in [0.5, 0.6) is 0 Å². The first-order valence-corrected chi connectivity index (χ1v) is 6.48. The molecule has 2 aromatic rings. The van der Waals surface area contributed by atoms with Crippen LogP contribution in [0.15, 0.2) is 22.7 Å². The number of nitrogens with zero attached hydrogens (tertiary/aromatic N) is 1. The summed E-state index contributed by atoms with van der Waals surface area (Å²) in [6.45, 7) is 0. The summed E-state index contributed by atoms with van der Waals surface area (Å²) < 4.78 is 5.44. The van der Waals surface area contributed by atoms with Gasteiger partial charge in [-0.05, 0) is 24.8 Å². The fourth-order valence-electron chi connectivity index (χ4n) is 2.55. The first-order chi connectivity index (χ1) is 8.85. The standard InChI is InChI=1S/C15H16N2O/c1-2-13-8-11-9-15(16-10-14(11)18-13)17-12-6-4-3-5-7-12/h1,8-10,12H,3-7H2,(H,16,17). The summed E-state index contributed by atoms with van der Waals surface area (Å²) in [5.74, 6) is 3.97. The number of aromatic nitrogens is 1. The topological polar surface area (TPSA) is 38.1 Å². The fourth-order valence-corrected chi connectivity index (χ4v) is 2.55. The molecule has 0 radical (unpaired) electrons. The van der Waals surface area contributed by atoms with Crippen molar-refractivity contribution in [2.24, 2.45) is 0 Å². The summed E-state index contributed by atoms with van der Waals surface area (Å²) in [7, 11) is 0. The lowest BCUT2D eigenvalue weighted by atomic mass is 9.95. The van der Waals surface area contributed by atoms with E-state index < -0.39 is 0 Å². The number of nitrogens with one attached hydrogen (secondary N) is 1. The van der Waals surface area contributed by atoms with Gasteiger partial charge in [-0.15, -0.1) is 6.42 Å². The van der Waals surface area contributed by atoms with E-state index in [1.807, 2.05) is 12.1 Å². The molecule has 2 aromatic heterocycles. The van der Waals surface area contributed by atoms with Crippen LogP contribution in [0.1, 0.15) is 37.9 Å². The van der Waals surface area contributed by atoms with Gasteiger partial charge in [0, 0.05) is 17.5 Å². The number of terminal acetylenes is 1. The Balaban J connectivity index is 1.81. The first kappa shape index (κ1) is 11.2. The summed E-state index contributed by atoms with van der Waals surface area (Å²) in [6, 6.07) is 4.44. The minimum atomic E-state index is 0.557. The van der Waals surface area contributed by atoms with E-state index in [0.29, 0.717) is 11.8 Å². The first-order valence-electron chi connectivity index (χ1n) is 6.48. The Morgan fingerprint density at radius 1 is 1.28 bits per heavy atom. The van der Waals surface area contributed by atoms with Gasteiger partial charge in [0.05, 0.1) is 6.20 Å². The predicted molar refractivity (Wildman–Crippen MR) is 72.4 cm³/mol. The maximum Gasteiger partial charge on any atom is 0.177 e. The van der Waals surface area contributed by atoms with E-state index in [9.17, 15) is 0 Å². The van der Waals surface area contributed by atoms with Gasteiger partial charge in [0.25, 0.3) is 0 Å². The van der Waals surface area contributed by atoms with Crippen LogP contribution >= 0.6 is 0 Å². The van der Waals surface area contributed by atoms with E-state index in [1.165, 1.54) is 32.1 Å². The highest BCUT2D eigenvalue weighted by Crippen LogP contribution is 2.24. The van der Waals surface area contributed by atoms with E-state index in [4.69, 9.17) is 10.8 Å². The van der Waals surface area contributed by atoms with Gasteiger partial charge in [0.15, 0.2) is 11.3 Å². The maximum absolute atomic E-state index is 5.44. The Bertz CT molecular complexity index is 588. The summed E-state index contributed by atoms with van der Waals surface area (Å²) >= 11 is 0. The molecule has 0 atom stereocenters. The smallest absolute Gasteiger partial charge is 0.177 e. The summed E-state index contributed by atoms with van der Waals surface area (Å²) in [5, 5.41) is 4.51. The average Bonchev–Trinajstić information content (AvgIpc) is 2.82. The highest BCUT2D eigenvalue weighted by molar-refractivity contribution is 5.80. The number of rotatable bonds is 2. The Morgan fingerprint density at radius 3 is 2.89 bits per heavy atom. The molecule has 1 fully saturated rings. The summed E-state index contributed by atoms with van der Waals surface area (Å²) in [4.78, 5) is 4.38. The van der Waals surface area contributed by atoms with Crippen molar-refractivity contribution in [3.63, 3.8) is 0 Å². The number of hydrogen-bond acceptors (Lipinski definition) is 3. The highest BCUT2D eigenvalue weighted by Gasteiger charge is 2.13. The maximum atomic E-state index is 5.44.